The van der Waals surface area contributed by atoms with Crippen LogP contribution < -0.4 is 5.32 Å². The lowest BCUT2D eigenvalue weighted by atomic mass is 9.82. The van der Waals surface area contributed by atoms with Gasteiger partial charge >= 0.3 is 0 Å². The highest BCUT2D eigenvalue weighted by Gasteiger charge is 2.28. The number of carbonyl (C=O) groups excluding carboxylic acids is 1. The molecule has 0 unspecified atom stereocenters. The van der Waals surface area contributed by atoms with E-state index in [0.717, 1.165) is 16.8 Å². The van der Waals surface area contributed by atoms with E-state index >= 15 is 0 Å². The Kier molecular flexibility index (Phi) is 2.27. The molecule has 0 radical (unpaired) electrons. The molecule has 0 aliphatic carbocycles. The second-order valence-corrected chi connectivity index (χ2v) is 4.60. The molecule has 0 aromatic heterocycles. The van der Waals surface area contributed by atoms with Gasteiger partial charge in [0.2, 0.25) is 5.91 Å². The number of rotatable bonds is 2. The Morgan fingerprint density at radius 2 is 2.20 bits per heavy atom. The molecule has 0 fully saturated rings. The van der Waals surface area contributed by atoms with Crippen LogP contribution >= 0.6 is 0 Å². The fraction of sp³-hybridized carbons (Fsp3) is 0.417. The summed E-state index contributed by atoms with van der Waals surface area (Å²) in [6.45, 7) is 4.04. The zero-order valence-electron chi connectivity index (χ0n) is 9.00. The van der Waals surface area contributed by atoms with Crippen LogP contribution in [0.15, 0.2) is 18.2 Å². The van der Waals surface area contributed by atoms with Crippen molar-refractivity contribution in [2.45, 2.75) is 25.7 Å². The molecule has 1 aliphatic heterocycles. The fourth-order valence-electron chi connectivity index (χ4n) is 1.97. The number of anilines is 1. The molecule has 0 saturated heterocycles. The molecule has 80 valence electrons. The van der Waals surface area contributed by atoms with Crippen molar-refractivity contribution in [1.29, 1.82) is 0 Å². The van der Waals surface area contributed by atoms with Gasteiger partial charge in [-0.25, -0.2) is 0 Å². The summed E-state index contributed by atoms with van der Waals surface area (Å²) in [6, 6.07) is 5.80. The maximum Gasteiger partial charge on any atom is 0.228 e. The fourth-order valence-corrected chi connectivity index (χ4v) is 1.97. The number of aliphatic hydroxyl groups is 1. The van der Waals surface area contributed by atoms with E-state index in [1.54, 1.807) is 0 Å². The van der Waals surface area contributed by atoms with E-state index in [-0.39, 0.29) is 17.9 Å². The highest BCUT2D eigenvalue weighted by atomic mass is 16.3. The van der Waals surface area contributed by atoms with E-state index in [0.29, 0.717) is 6.42 Å². The zero-order chi connectivity index (χ0) is 11.1. The third kappa shape index (κ3) is 1.63. The summed E-state index contributed by atoms with van der Waals surface area (Å²) >= 11 is 0. The van der Waals surface area contributed by atoms with Gasteiger partial charge in [0, 0.05) is 11.1 Å². The first-order valence-electron chi connectivity index (χ1n) is 5.08. The number of nitrogens with one attached hydrogen (secondary N) is 1. The Morgan fingerprint density at radius 1 is 1.47 bits per heavy atom. The van der Waals surface area contributed by atoms with Crippen LogP contribution in [0.3, 0.4) is 0 Å². The van der Waals surface area contributed by atoms with Gasteiger partial charge in [-0.15, -0.1) is 0 Å². The minimum atomic E-state index is -0.294. The molecule has 1 heterocycles. The van der Waals surface area contributed by atoms with E-state index in [9.17, 15) is 9.90 Å². The van der Waals surface area contributed by atoms with E-state index in [1.165, 1.54) is 0 Å². The van der Waals surface area contributed by atoms with Crippen molar-refractivity contribution in [2.24, 2.45) is 0 Å². The summed E-state index contributed by atoms with van der Waals surface area (Å²) < 4.78 is 0. The first-order valence-corrected chi connectivity index (χ1v) is 5.08. The number of benzene rings is 1. The van der Waals surface area contributed by atoms with Gasteiger partial charge in [-0.3, -0.25) is 4.79 Å². The molecule has 0 atom stereocenters. The SMILES string of the molecule is CC(C)(CO)c1cccc2c1CC(=O)N2. The van der Waals surface area contributed by atoms with Crippen molar-refractivity contribution in [2.75, 3.05) is 11.9 Å². The standard InChI is InChI=1S/C12H15NO2/c1-12(2,7-14)9-4-3-5-10-8(9)6-11(15)13-10/h3-5,14H,6-7H2,1-2H3,(H,13,15). The van der Waals surface area contributed by atoms with Gasteiger partial charge in [0.1, 0.15) is 0 Å². The van der Waals surface area contributed by atoms with Crippen molar-refractivity contribution in [3.63, 3.8) is 0 Å². The van der Waals surface area contributed by atoms with Gasteiger partial charge in [0.15, 0.2) is 0 Å². The van der Waals surface area contributed by atoms with E-state index in [1.807, 2.05) is 32.0 Å². The second kappa shape index (κ2) is 3.35. The van der Waals surface area contributed by atoms with E-state index in [4.69, 9.17) is 0 Å². The van der Waals surface area contributed by atoms with Crippen LogP contribution in [-0.4, -0.2) is 17.6 Å². The van der Waals surface area contributed by atoms with Gasteiger partial charge in [0.25, 0.3) is 0 Å². The predicted molar refractivity (Wildman–Crippen MR) is 58.9 cm³/mol. The third-order valence-electron chi connectivity index (χ3n) is 2.91. The maximum absolute atomic E-state index is 11.3. The molecular weight excluding hydrogens is 190 g/mol. The van der Waals surface area contributed by atoms with Crippen molar-refractivity contribution in [3.05, 3.63) is 29.3 Å². The maximum atomic E-state index is 11.3. The summed E-state index contributed by atoms with van der Waals surface area (Å²) in [6.07, 6.45) is 0.426. The quantitative estimate of drug-likeness (QED) is 0.767. The minimum absolute atomic E-state index is 0.0335. The van der Waals surface area contributed by atoms with Crippen LogP contribution in [-0.2, 0) is 16.6 Å². The first kappa shape index (κ1) is 10.2. The number of amides is 1. The number of aliphatic hydroxyl groups excluding tert-OH is 1. The summed E-state index contributed by atoms with van der Waals surface area (Å²) in [7, 11) is 0. The summed E-state index contributed by atoms with van der Waals surface area (Å²) in [5.74, 6) is 0.0335. The number of carbonyl (C=O) groups is 1. The third-order valence-corrected chi connectivity index (χ3v) is 2.91. The van der Waals surface area contributed by atoms with Crippen LogP contribution in [0.4, 0.5) is 5.69 Å². The second-order valence-electron chi connectivity index (χ2n) is 4.60. The molecule has 0 bridgehead atoms. The molecule has 0 spiro atoms. The van der Waals surface area contributed by atoms with Gasteiger partial charge in [0.05, 0.1) is 13.0 Å². The Balaban J connectivity index is 2.52. The highest BCUT2D eigenvalue weighted by molar-refractivity contribution is 5.99. The minimum Gasteiger partial charge on any atom is -0.395 e. The number of hydrogen-bond donors (Lipinski definition) is 2. The van der Waals surface area contributed by atoms with Crippen LogP contribution in [0.1, 0.15) is 25.0 Å². The Morgan fingerprint density at radius 3 is 2.87 bits per heavy atom. The molecule has 1 amide bonds. The Hall–Kier alpha value is -1.35. The average molecular weight is 205 g/mol. The normalized spacial score (nSPS) is 15.0. The van der Waals surface area contributed by atoms with Crippen molar-refractivity contribution >= 4 is 11.6 Å². The summed E-state index contributed by atoms with van der Waals surface area (Å²) in [4.78, 5) is 11.3. The number of hydrogen-bond acceptors (Lipinski definition) is 2. The molecule has 0 saturated carbocycles. The molecule has 3 nitrogen and oxygen atoms in total. The Labute approximate surface area is 89.1 Å². The highest BCUT2D eigenvalue weighted by Crippen LogP contribution is 2.33. The van der Waals surface area contributed by atoms with Crippen molar-refractivity contribution in [3.8, 4) is 0 Å². The van der Waals surface area contributed by atoms with Crippen LogP contribution in [0.5, 0.6) is 0 Å². The smallest absolute Gasteiger partial charge is 0.228 e. The molecule has 1 aliphatic rings. The lowest BCUT2D eigenvalue weighted by Crippen LogP contribution is -2.23. The van der Waals surface area contributed by atoms with E-state index < -0.39 is 0 Å². The van der Waals surface area contributed by atoms with Gasteiger partial charge in [-0.05, 0) is 17.2 Å². The first-order chi connectivity index (χ1) is 7.04. The molecule has 15 heavy (non-hydrogen) atoms. The molecule has 1 aromatic carbocycles. The van der Waals surface area contributed by atoms with Gasteiger partial charge in [-0.2, -0.15) is 0 Å². The van der Waals surface area contributed by atoms with E-state index in [2.05, 4.69) is 5.32 Å². The average Bonchev–Trinajstić information content (AvgIpc) is 2.57. The molecule has 3 heteroatoms. The molecular formula is C12H15NO2. The topological polar surface area (TPSA) is 49.3 Å². The molecule has 2 rings (SSSR count). The predicted octanol–water partition coefficient (Wildman–Crippen LogP) is 1.45. The van der Waals surface area contributed by atoms with Crippen LogP contribution in [0.25, 0.3) is 0 Å². The summed E-state index contributed by atoms with van der Waals surface area (Å²) in [5, 5.41) is 12.2. The summed E-state index contributed by atoms with van der Waals surface area (Å²) in [5.41, 5.74) is 2.68. The lowest BCUT2D eigenvalue weighted by Gasteiger charge is -2.24. The molecule has 2 N–H and O–H groups in total. The zero-order valence-corrected chi connectivity index (χ0v) is 9.00. The Bertz CT molecular complexity index is 410. The lowest BCUT2D eigenvalue weighted by molar-refractivity contribution is -0.115. The largest absolute Gasteiger partial charge is 0.395 e. The van der Waals surface area contributed by atoms with Crippen LogP contribution in [0, 0.1) is 0 Å². The van der Waals surface area contributed by atoms with Crippen molar-refractivity contribution < 1.29 is 9.90 Å². The molecule has 1 aromatic rings. The van der Waals surface area contributed by atoms with Gasteiger partial charge in [-0.1, -0.05) is 26.0 Å². The van der Waals surface area contributed by atoms with Crippen molar-refractivity contribution in [1.82, 2.24) is 0 Å². The monoisotopic (exact) mass is 205 g/mol. The van der Waals surface area contributed by atoms with Gasteiger partial charge < -0.3 is 10.4 Å². The van der Waals surface area contributed by atoms with Crippen LogP contribution in [0.2, 0.25) is 0 Å². The number of fused-ring (bicyclic) bond motifs is 1.